The Labute approximate surface area is 464 Å². The van der Waals surface area contributed by atoms with Crippen LogP contribution >= 0.6 is 0 Å². The minimum atomic E-state index is -2.05. The molecule has 4 aromatic rings. The molecule has 7 rings (SSSR count). The summed E-state index contributed by atoms with van der Waals surface area (Å²) in [4.78, 5) is 132. The first-order chi connectivity index (χ1) is 39.4. The molecule has 0 saturated carbocycles. The lowest BCUT2D eigenvalue weighted by Gasteiger charge is -2.31. The van der Waals surface area contributed by atoms with Gasteiger partial charge >= 0.3 is 12.1 Å². The number of nitrogens with one attached hydrogen (secondary N) is 6. The summed E-state index contributed by atoms with van der Waals surface area (Å²) in [6.45, 7) is 1.58. The second-order valence-electron chi connectivity index (χ2n) is 18.7. The number of ether oxygens (including phenoxy) is 6. The molecule has 3 aliphatic rings. The molecule has 2 aromatic carbocycles. The summed E-state index contributed by atoms with van der Waals surface area (Å²) in [6.07, 6.45) is -2.10. The van der Waals surface area contributed by atoms with Gasteiger partial charge in [-0.3, -0.25) is 43.3 Å². The molecule has 5 heterocycles. The van der Waals surface area contributed by atoms with Gasteiger partial charge < -0.3 is 70.0 Å². The number of imide groups is 1. The Kier molecular flexibility index (Phi) is 20.9. The van der Waals surface area contributed by atoms with E-state index >= 15 is 0 Å². The standard InChI is InChI=1S/C54H64FN9O17/c1-3-54(75)38-23-42-49-36(29-64(42)51(72)37(38)30-81-52(54)73)35(34-21-32(2)39(55)24-40(34)62-49)25-59-53(74)80-20-19-79-31-60-45(67)27-58-50(71)41(22-33-7-5-4-6-8-33)61-46(68)28-57-44(66)26-56-43(65)11-13-76-15-17-78-18-16-77-14-12-63-47(69)9-10-48(63)70/h4-8,21,23-24,41,75H,3,9-20,22,25-31H2,1-2H3,(H,56,65)(H,57,66)(H,58,71)(H,59,74)(H,60,67)(H,61,68)/t41-,54-/m0/s1/i9T/t9?,41-,54-. The van der Waals surface area contributed by atoms with Gasteiger partial charge in [-0.25, -0.2) is 19.0 Å². The molecule has 0 aliphatic carbocycles. The summed E-state index contributed by atoms with van der Waals surface area (Å²) < 4.78 is 55.7. The number of hydrogen-bond donors (Lipinski definition) is 7. The van der Waals surface area contributed by atoms with E-state index < -0.39 is 102 Å². The van der Waals surface area contributed by atoms with Crippen molar-refractivity contribution in [2.45, 2.75) is 77.3 Å². The van der Waals surface area contributed by atoms with E-state index in [-0.39, 0.29) is 128 Å². The number of fused-ring (bicyclic) bond motifs is 5. The van der Waals surface area contributed by atoms with Gasteiger partial charge in [-0.05, 0) is 42.2 Å². The zero-order valence-corrected chi connectivity index (χ0v) is 44.6. The van der Waals surface area contributed by atoms with Crippen molar-refractivity contribution in [3.63, 3.8) is 0 Å². The summed E-state index contributed by atoms with van der Waals surface area (Å²) in [6, 6.07) is 11.9. The monoisotopic (exact) mass is 1130 g/mol. The highest BCUT2D eigenvalue weighted by atomic mass is 19.1. The maximum Gasteiger partial charge on any atom is 0.407 e. The smallest absolute Gasteiger partial charge is 0.407 e. The number of carbonyl (C=O) groups is 9. The van der Waals surface area contributed by atoms with Gasteiger partial charge in [-0.15, -0.1) is 0 Å². The van der Waals surface area contributed by atoms with Gasteiger partial charge in [0.2, 0.25) is 41.4 Å². The number of esters is 1. The lowest BCUT2D eigenvalue weighted by Crippen LogP contribution is -2.52. The molecule has 434 valence electrons. The molecular weight excluding hydrogens is 1070 g/mol. The molecule has 3 aliphatic heterocycles. The predicted molar refractivity (Wildman–Crippen MR) is 281 cm³/mol. The van der Waals surface area contributed by atoms with Crippen molar-refractivity contribution in [1.82, 2.24) is 46.4 Å². The number of likely N-dealkylation sites (tertiary alicyclic amines) is 1. The second kappa shape index (κ2) is 28.8. The molecule has 3 atom stereocenters. The first kappa shape index (κ1) is 58.9. The van der Waals surface area contributed by atoms with Gasteiger partial charge in [0.1, 0.15) is 31.8 Å². The normalized spacial score (nSPS) is 16.6. The Hall–Kier alpha value is -8.24. The number of aliphatic hydroxyl groups is 1. The van der Waals surface area contributed by atoms with E-state index in [0.717, 1.165) is 4.90 Å². The Morgan fingerprint density at radius 2 is 1.48 bits per heavy atom. The van der Waals surface area contributed by atoms with Gasteiger partial charge in [0.15, 0.2) is 5.60 Å². The van der Waals surface area contributed by atoms with Crippen molar-refractivity contribution >= 4 is 64.3 Å². The number of halogens is 1. The third-order valence-corrected chi connectivity index (χ3v) is 13.3. The first-order valence-electron chi connectivity index (χ1n) is 26.6. The molecular formula is C54H64FN9O17. The van der Waals surface area contributed by atoms with Gasteiger partial charge in [0.05, 0.1) is 101 Å². The summed E-state index contributed by atoms with van der Waals surface area (Å²) in [5, 5.41) is 26.7. The predicted octanol–water partition coefficient (Wildman–Crippen LogP) is -0.491. The number of amides is 8. The largest absolute Gasteiger partial charge is 0.458 e. The molecule has 27 heteroatoms. The molecule has 7 N–H and O–H groups in total. The molecule has 1 fully saturated rings. The number of pyridine rings is 2. The second-order valence-corrected chi connectivity index (χ2v) is 18.7. The van der Waals surface area contributed by atoms with E-state index in [1.165, 1.54) is 16.7 Å². The van der Waals surface area contributed by atoms with Crippen molar-refractivity contribution in [3.05, 3.63) is 98.1 Å². The number of aromatic nitrogens is 2. The minimum Gasteiger partial charge on any atom is -0.458 e. The number of nitrogens with zero attached hydrogens (tertiary/aromatic N) is 3. The molecule has 1 unspecified atom stereocenters. The van der Waals surface area contributed by atoms with Crippen molar-refractivity contribution in [2.75, 3.05) is 85.8 Å². The lowest BCUT2D eigenvalue weighted by molar-refractivity contribution is -0.172. The van der Waals surface area contributed by atoms with Crippen molar-refractivity contribution < 1.29 is 82.4 Å². The van der Waals surface area contributed by atoms with Gasteiger partial charge in [-0.1, -0.05) is 37.3 Å². The molecule has 26 nitrogen and oxygen atoms in total. The van der Waals surface area contributed by atoms with Crippen molar-refractivity contribution in [2.24, 2.45) is 0 Å². The number of benzene rings is 2. The van der Waals surface area contributed by atoms with Crippen LogP contribution in [0.5, 0.6) is 0 Å². The van der Waals surface area contributed by atoms with Gasteiger partial charge in [0.25, 0.3) is 5.56 Å². The number of cyclic esters (lactones) is 1. The van der Waals surface area contributed by atoms with Crippen LogP contribution in [0.15, 0.2) is 53.3 Å². The van der Waals surface area contributed by atoms with Crippen molar-refractivity contribution in [3.8, 4) is 11.4 Å². The fourth-order valence-corrected chi connectivity index (χ4v) is 8.88. The topological polar surface area (TPSA) is 340 Å². The third-order valence-electron chi connectivity index (χ3n) is 13.3. The van der Waals surface area contributed by atoms with Crippen LogP contribution in [-0.4, -0.2) is 165 Å². The summed E-state index contributed by atoms with van der Waals surface area (Å²) >= 11 is 0. The molecule has 2 aromatic heterocycles. The van der Waals surface area contributed by atoms with Crippen LogP contribution in [0.3, 0.4) is 0 Å². The van der Waals surface area contributed by atoms with Crippen LogP contribution in [0, 0.1) is 12.7 Å². The molecule has 0 bridgehead atoms. The van der Waals surface area contributed by atoms with Crippen LogP contribution in [0.2, 0.25) is 0 Å². The maximum absolute atomic E-state index is 14.9. The first-order valence-corrected chi connectivity index (χ1v) is 26.1. The van der Waals surface area contributed by atoms with E-state index in [1.807, 2.05) is 0 Å². The van der Waals surface area contributed by atoms with Crippen LogP contribution < -0.4 is 37.5 Å². The molecule has 0 radical (unpaired) electrons. The average Bonchev–Trinajstić information content (AvgIpc) is 2.09. The zero-order valence-electron chi connectivity index (χ0n) is 45.6. The number of carbonyl (C=O) groups excluding carboxylic acids is 9. The number of rotatable bonds is 30. The highest BCUT2D eigenvalue weighted by Gasteiger charge is 2.45. The third kappa shape index (κ3) is 16.0. The van der Waals surface area contributed by atoms with E-state index in [2.05, 4.69) is 31.9 Å². The Bertz CT molecular complexity index is 3130. The maximum atomic E-state index is 14.9. The quantitative estimate of drug-likeness (QED) is 0.0132. The van der Waals surface area contributed by atoms with E-state index in [0.29, 0.717) is 39.0 Å². The summed E-state index contributed by atoms with van der Waals surface area (Å²) in [7, 11) is 0. The van der Waals surface area contributed by atoms with Gasteiger partial charge in [0, 0.05) is 56.2 Å². The van der Waals surface area contributed by atoms with E-state index in [1.54, 1.807) is 50.2 Å². The number of hydrogen-bond acceptors (Lipinski definition) is 18. The van der Waals surface area contributed by atoms with Crippen LogP contribution in [0.4, 0.5) is 9.18 Å². The summed E-state index contributed by atoms with van der Waals surface area (Å²) in [5.41, 5.74) is 0.634. The number of alkyl carbamates (subject to hydrolysis) is 1. The van der Waals surface area contributed by atoms with E-state index in [9.17, 15) is 57.4 Å². The zero-order chi connectivity index (χ0) is 58.9. The summed E-state index contributed by atoms with van der Waals surface area (Å²) in [5.74, 6) is -5.57. The highest BCUT2D eigenvalue weighted by Crippen LogP contribution is 2.40. The number of aryl methyl sites for hydroxylation is 1. The van der Waals surface area contributed by atoms with Crippen LogP contribution in [0.1, 0.15) is 67.3 Å². The Morgan fingerprint density at radius 1 is 0.802 bits per heavy atom. The molecule has 1 saturated heterocycles. The lowest BCUT2D eigenvalue weighted by atomic mass is 9.86. The van der Waals surface area contributed by atoms with Crippen molar-refractivity contribution in [1.29, 1.82) is 0 Å². The fraction of sp³-hybridized carbons (Fsp3) is 0.463. The van der Waals surface area contributed by atoms with Crippen LogP contribution in [0.25, 0.3) is 22.3 Å². The van der Waals surface area contributed by atoms with Crippen LogP contribution in [-0.2, 0) is 98.5 Å². The minimum absolute atomic E-state index is 0.0248. The molecule has 81 heavy (non-hydrogen) atoms. The van der Waals surface area contributed by atoms with Gasteiger partial charge in [-0.2, -0.15) is 0 Å². The average molecular weight is 1130 g/mol. The Morgan fingerprint density at radius 3 is 2.21 bits per heavy atom. The molecule has 0 spiro atoms. The Balaban J connectivity index is 0.769. The fourth-order valence-electron chi connectivity index (χ4n) is 8.88. The van der Waals surface area contributed by atoms with E-state index in [4.69, 9.17) is 34.8 Å². The molecule has 8 amide bonds. The highest BCUT2D eigenvalue weighted by molar-refractivity contribution is 6.02. The SMILES string of the molecule is [3H]C1CC(=O)N(CCOCCOCCOCCC(=O)NCC(=O)NCC(=O)N[C@@H](Cc2ccccc2)C(=O)NCC(=O)NCOCCOC(=O)NCc2c3c(nc4cc(F)c(C)cc24)-c2cc4c(c(=O)n2C3)COC(=O)[C@]4(O)CC)C1=O.